The van der Waals surface area contributed by atoms with Crippen molar-refractivity contribution in [3.8, 4) is 11.5 Å². The van der Waals surface area contributed by atoms with Crippen molar-refractivity contribution in [1.82, 2.24) is 0 Å². The maximum Gasteiger partial charge on any atom is 0.165 e. The number of hydrogen-bond donors (Lipinski definition) is 0. The van der Waals surface area contributed by atoms with Crippen molar-refractivity contribution in [3.05, 3.63) is 23.8 Å². The quantitative estimate of drug-likeness (QED) is 0.772. The Morgan fingerprint density at radius 2 is 2.07 bits per heavy atom. The highest BCUT2D eigenvalue weighted by molar-refractivity contribution is 9.08. The van der Waals surface area contributed by atoms with Gasteiger partial charge in [-0.25, -0.2) is 0 Å². The van der Waals surface area contributed by atoms with Crippen molar-refractivity contribution in [2.24, 2.45) is 0 Å². The lowest BCUT2D eigenvalue weighted by Crippen LogP contribution is -2.08. The summed E-state index contributed by atoms with van der Waals surface area (Å²) in [4.78, 5) is 0. The van der Waals surface area contributed by atoms with Gasteiger partial charge in [-0.3, -0.25) is 0 Å². The largest absolute Gasteiger partial charge is 0.493 e. The second-order valence-corrected chi connectivity index (χ2v) is 3.81. The molecule has 0 amide bonds. The first kappa shape index (κ1) is 11.4. The summed E-state index contributed by atoms with van der Waals surface area (Å²) in [5.41, 5.74) is 1.11. The average Bonchev–Trinajstić information content (AvgIpc) is 2.17. The van der Waals surface area contributed by atoms with Crippen LogP contribution in [0.5, 0.6) is 11.5 Å². The van der Waals surface area contributed by atoms with E-state index in [9.17, 15) is 0 Å². The number of ether oxygens (including phenoxy) is 2. The van der Waals surface area contributed by atoms with E-state index >= 15 is 0 Å². The van der Waals surface area contributed by atoms with Gasteiger partial charge in [0.2, 0.25) is 0 Å². The van der Waals surface area contributed by atoms with Gasteiger partial charge in [0.15, 0.2) is 11.5 Å². The molecule has 0 aliphatic carbocycles. The molecule has 0 saturated carbocycles. The maximum atomic E-state index is 5.70. The summed E-state index contributed by atoms with van der Waals surface area (Å²) in [6.07, 6.45) is 0.157. The molecule has 0 saturated heterocycles. The molecule has 3 heteroatoms. The molecule has 0 aliphatic rings. The van der Waals surface area contributed by atoms with E-state index in [0.29, 0.717) is 0 Å². The zero-order chi connectivity index (χ0) is 10.6. The molecule has 1 aromatic carbocycles. The van der Waals surface area contributed by atoms with E-state index in [2.05, 4.69) is 15.9 Å². The smallest absolute Gasteiger partial charge is 0.165 e. The van der Waals surface area contributed by atoms with E-state index in [4.69, 9.17) is 9.47 Å². The molecule has 1 rings (SSSR count). The molecule has 0 spiro atoms. The van der Waals surface area contributed by atoms with E-state index in [-0.39, 0.29) is 6.10 Å². The van der Waals surface area contributed by atoms with E-state index in [1.54, 1.807) is 7.11 Å². The Morgan fingerprint density at radius 1 is 1.36 bits per heavy atom. The van der Waals surface area contributed by atoms with Crippen molar-refractivity contribution in [1.29, 1.82) is 0 Å². The minimum atomic E-state index is 0.157. The number of hydrogen-bond acceptors (Lipinski definition) is 2. The van der Waals surface area contributed by atoms with Gasteiger partial charge in [-0.05, 0) is 19.9 Å². The van der Waals surface area contributed by atoms with Crippen molar-refractivity contribution in [2.45, 2.75) is 25.3 Å². The third-order valence-corrected chi connectivity index (χ3v) is 2.38. The first-order valence-corrected chi connectivity index (χ1v) is 5.69. The zero-order valence-corrected chi connectivity index (χ0v) is 10.3. The fourth-order valence-electron chi connectivity index (χ4n) is 1.20. The summed E-state index contributed by atoms with van der Waals surface area (Å²) in [6.45, 7) is 4.01. The lowest BCUT2D eigenvalue weighted by Gasteiger charge is -2.16. The summed E-state index contributed by atoms with van der Waals surface area (Å²) in [5.74, 6) is 1.62. The van der Waals surface area contributed by atoms with Crippen LogP contribution >= 0.6 is 15.9 Å². The second kappa shape index (κ2) is 5.25. The number of rotatable bonds is 4. The summed E-state index contributed by atoms with van der Waals surface area (Å²) >= 11 is 3.43. The normalized spacial score (nSPS) is 10.4. The van der Waals surface area contributed by atoms with Crippen LogP contribution in [0.4, 0.5) is 0 Å². The average molecular weight is 259 g/mol. The van der Waals surface area contributed by atoms with Gasteiger partial charge in [-0.15, -0.1) is 0 Å². The topological polar surface area (TPSA) is 18.5 Å². The molecule has 0 unspecified atom stereocenters. The van der Waals surface area contributed by atoms with Crippen molar-refractivity contribution >= 4 is 15.9 Å². The number of alkyl halides is 1. The van der Waals surface area contributed by atoms with Crippen LogP contribution in [0.25, 0.3) is 0 Å². The molecule has 0 atom stereocenters. The molecule has 0 bridgehead atoms. The van der Waals surface area contributed by atoms with Crippen LogP contribution in [0.2, 0.25) is 0 Å². The lowest BCUT2D eigenvalue weighted by molar-refractivity contribution is 0.228. The molecule has 14 heavy (non-hydrogen) atoms. The Bertz CT molecular complexity index is 275. The minimum Gasteiger partial charge on any atom is -0.493 e. The van der Waals surface area contributed by atoms with Gasteiger partial charge in [-0.1, -0.05) is 28.1 Å². The third kappa shape index (κ3) is 2.64. The van der Waals surface area contributed by atoms with Crippen LogP contribution in [0.3, 0.4) is 0 Å². The highest BCUT2D eigenvalue weighted by Gasteiger charge is 2.10. The Labute approximate surface area is 93.4 Å². The molecule has 0 aromatic heterocycles. The van der Waals surface area contributed by atoms with Crippen molar-refractivity contribution in [3.63, 3.8) is 0 Å². The van der Waals surface area contributed by atoms with Gasteiger partial charge in [0.05, 0.1) is 13.2 Å². The molecule has 1 aromatic rings. The first-order valence-electron chi connectivity index (χ1n) is 4.57. The Hall–Kier alpha value is -0.700. The van der Waals surface area contributed by atoms with Gasteiger partial charge in [0, 0.05) is 10.9 Å². The van der Waals surface area contributed by atoms with Crippen LogP contribution in [-0.2, 0) is 5.33 Å². The number of halogens is 1. The predicted molar refractivity (Wildman–Crippen MR) is 61.4 cm³/mol. The van der Waals surface area contributed by atoms with Crippen molar-refractivity contribution < 1.29 is 9.47 Å². The highest BCUT2D eigenvalue weighted by atomic mass is 79.9. The number of benzene rings is 1. The van der Waals surface area contributed by atoms with Gasteiger partial charge < -0.3 is 9.47 Å². The predicted octanol–water partition coefficient (Wildman–Crippen LogP) is 3.38. The first-order chi connectivity index (χ1) is 6.69. The molecule has 78 valence electrons. The molecule has 0 N–H and O–H groups in total. The monoisotopic (exact) mass is 258 g/mol. The number of methoxy groups -OCH3 is 1. The Kier molecular flexibility index (Phi) is 4.26. The SMILES string of the molecule is COc1cccc(CBr)c1OC(C)C. The molecule has 2 nitrogen and oxygen atoms in total. The van der Waals surface area contributed by atoms with Crippen LogP contribution in [0.1, 0.15) is 19.4 Å². The van der Waals surface area contributed by atoms with Crippen molar-refractivity contribution in [2.75, 3.05) is 7.11 Å². The Balaban J connectivity index is 3.05. The molecule has 0 aliphatic heterocycles. The standard InChI is InChI=1S/C11H15BrO2/c1-8(2)14-11-9(7-12)5-4-6-10(11)13-3/h4-6,8H,7H2,1-3H3. The lowest BCUT2D eigenvalue weighted by atomic mass is 10.2. The van der Waals surface area contributed by atoms with E-state index < -0.39 is 0 Å². The van der Waals surface area contributed by atoms with Crippen LogP contribution in [0.15, 0.2) is 18.2 Å². The molecule has 0 fully saturated rings. The van der Waals surface area contributed by atoms with E-state index in [1.807, 2.05) is 32.0 Å². The highest BCUT2D eigenvalue weighted by Crippen LogP contribution is 2.33. The maximum absolute atomic E-state index is 5.70. The van der Waals surface area contributed by atoms with Gasteiger partial charge >= 0.3 is 0 Å². The summed E-state index contributed by atoms with van der Waals surface area (Å²) in [7, 11) is 1.65. The van der Waals surface area contributed by atoms with Gasteiger partial charge in [0.1, 0.15) is 0 Å². The summed E-state index contributed by atoms with van der Waals surface area (Å²) < 4.78 is 10.9. The Morgan fingerprint density at radius 3 is 2.57 bits per heavy atom. The number of para-hydroxylation sites is 1. The van der Waals surface area contributed by atoms with E-state index in [1.165, 1.54) is 0 Å². The fourth-order valence-corrected chi connectivity index (χ4v) is 1.64. The molecular weight excluding hydrogens is 244 g/mol. The zero-order valence-electron chi connectivity index (χ0n) is 8.71. The van der Waals surface area contributed by atoms with Gasteiger partial charge in [-0.2, -0.15) is 0 Å². The van der Waals surface area contributed by atoms with Gasteiger partial charge in [0.25, 0.3) is 0 Å². The van der Waals surface area contributed by atoms with E-state index in [0.717, 1.165) is 22.4 Å². The molecule has 0 radical (unpaired) electrons. The van der Waals surface area contributed by atoms with Crippen LogP contribution in [-0.4, -0.2) is 13.2 Å². The third-order valence-electron chi connectivity index (χ3n) is 1.78. The minimum absolute atomic E-state index is 0.157. The van der Waals surface area contributed by atoms with Crippen LogP contribution < -0.4 is 9.47 Å². The fraction of sp³-hybridized carbons (Fsp3) is 0.455. The summed E-state index contributed by atoms with van der Waals surface area (Å²) in [5, 5.41) is 0.770. The molecule has 0 heterocycles. The second-order valence-electron chi connectivity index (χ2n) is 3.25. The molecular formula is C11H15BrO2. The van der Waals surface area contributed by atoms with Crippen LogP contribution in [0, 0.1) is 0 Å². The summed E-state index contributed by atoms with van der Waals surface area (Å²) in [6, 6.07) is 5.89.